The number of para-hydroxylation sites is 2. The number of nitrogens with zero attached hydrogens (tertiary/aromatic N) is 3. The molecule has 1 aliphatic rings. The molecule has 1 aliphatic heterocycles. The van der Waals surface area contributed by atoms with Crippen LogP contribution in [0.15, 0.2) is 29.3 Å². The van der Waals surface area contributed by atoms with Gasteiger partial charge in [-0.15, -0.1) is 0 Å². The van der Waals surface area contributed by atoms with Crippen molar-refractivity contribution in [1.82, 2.24) is 20.2 Å². The average molecular weight is 329 g/mol. The predicted molar refractivity (Wildman–Crippen MR) is 97.1 cm³/mol. The van der Waals surface area contributed by atoms with E-state index in [0.29, 0.717) is 6.54 Å². The molecule has 6 heteroatoms. The number of nitrogens with one attached hydrogen (secondary N) is 2. The van der Waals surface area contributed by atoms with E-state index in [1.807, 2.05) is 25.2 Å². The summed E-state index contributed by atoms with van der Waals surface area (Å²) in [5, 5.41) is 6.70. The van der Waals surface area contributed by atoms with Gasteiger partial charge >= 0.3 is 0 Å². The molecule has 24 heavy (non-hydrogen) atoms. The number of benzene rings is 1. The number of imidazole rings is 1. The van der Waals surface area contributed by atoms with Gasteiger partial charge in [-0.1, -0.05) is 12.1 Å². The Kier molecular flexibility index (Phi) is 5.04. The molecule has 1 fully saturated rings. The quantitative estimate of drug-likeness (QED) is 0.652. The molecule has 1 aromatic carbocycles. The molecule has 2 N–H and O–H groups in total. The smallest absolute Gasteiger partial charge is 0.191 e. The van der Waals surface area contributed by atoms with E-state index in [0.717, 1.165) is 55.4 Å². The number of aromatic nitrogens is 2. The summed E-state index contributed by atoms with van der Waals surface area (Å²) in [4.78, 5) is 9.36. The van der Waals surface area contributed by atoms with Crippen LogP contribution in [0.4, 0.5) is 0 Å². The van der Waals surface area contributed by atoms with E-state index in [1.165, 1.54) is 0 Å². The second-order valence-corrected chi connectivity index (χ2v) is 6.53. The van der Waals surface area contributed by atoms with Crippen LogP contribution in [0.5, 0.6) is 0 Å². The molecule has 1 unspecified atom stereocenters. The maximum Gasteiger partial charge on any atom is 0.191 e. The van der Waals surface area contributed by atoms with E-state index in [1.54, 1.807) is 0 Å². The molecule has 130 valence electrons. The first kappa shape index (κ1) is 16.8. The van der Waals surface area contributed by atoms with Gasteiger partial charge in [0.05, 0.1) is 16.6 Å². The van der Waals surface area contributed by atoms with Crippen molar-refractivity contribution < 1.29 is 4.74 Å². The SMILES string of the molecule is CCNC(=NCc1nc2ccccc2n1C)NCC1(C)CCCO1. The first-order valence-electron chi connectivity index (χ1n) is 8.68. The minimum absolute atomic E-state index is 0.0892. The highest BCUT2D eigenvalue weighted by Gasteiger charge is 2.29. The zero-order valence-corrected chi connectivity index (χ0v) is 14.8. The highest BCUT2D eigenvalue weighted by atomic mass is 16.5. The number of rotatable bonds is 5. The second-order valence-electron chi connectivity index (χ2n) is 6.53. The van der Waals surface area contributed by atoms with E-state index >= 15 is 0 Å². The molecule has 1 aromatic heterocycles. The predicted octanol–water partition coefficient (Wildman–Crippen LogP) is 2.20. The number of guanidine groups is 1. The van der Waals surface area contributed by atoms with Crippen LogP contribution in [-0.4, -0.2) is 40.8 Å². The Bertz CT molecular complexity index is 715. The fraction of sp³-hybridized carbons (Fsp3) is 0.556. The normalized spacial score (nSPS) is 21.4. The molecule has 0 saturated carbocycles. The van der Waals surface area contributed by atoms with Gasteiger partial charge in [0, 0.05) is 26.7 Å². The highest BCUT2D eigenvalue weighted by molar-refractivity contribution is 5.80. The third kappa shape index (κ3) is 3.70. The molecule has 0 spiro atoms. The van der Waals surface area contributed by atoms with Crippen LogP contribution in [0.25, 0.3) is 11.0 Å². The number of aryl methyl sites for hydroxylation is 1. The molecule has 2 aromatic rings. The van der Waals surface area contributed by atoms with Gasteiger partial charge in [-0.25, -0.2) is 9.98 Å². The summed E-state index contributed by atoms with van der Waals surface area (Å²) < 4.78 is 7.93. The first-order valence-corrected chi connectivity index (χ1v) is 8.68. The summed E-state index contributed by atoms with van der Waals surface area (Å²) >= 11 is 0. The molecule has 2 heterocycles. The fourth-order valence-electron chi connectivity index (χ4n) is 3.08. The summed E-state index contributed by atoms with van der Waals surface area (Å²) in [6.07, 6.45) is 2.22. The molecule has 1 saturated heterocycles. The fourth-order valence-corrected chi connectivity index (χ4v) is 3.08. The summed E-state index contributed by atoms with van der Waals surface area (Å²) in [6.45, 7) is 7.21. The molecule has 0 amide bonds. The summed E-state index contributed by atoms with van der Waals surface area (Å²) in [7, 11) is 2.04. The standard InChI is InChI=1S/C18H27N5O/c1-4-19-17(21-13-18(2)10-7-11-24-18)20-12-16-22-14-8-5-6-9-15(14)23(16)3/h5-6,8-9H,4,7,10-13H2,1-3H3,(H2,19,20,21). The lowest BCUT2D eigenvalue weighted by Gasteiger charge is -2.24. The van der Waals surface area contributed by atoms with Crippen molar-refractivity contribution in [3.63, 3.8) is 0 Å². The van der Waals surface area contributed by atoms with Crippen LogP contribution in [0.2, 0.25) is 0 Å². The number of hydrogen-bond acceptors (Lipinski definition) is 3. The highest BCUT2D eigenvalue weighted by Crippen LogP contribution is 2.23. The Balaban J connectivity index is 1.69. The van der Waals surface area contributed by atoms with Crippen molar-refractivity contribution in [2.75, 3.05) is 19.7 Å². The lowest BCUT2D eigenvalue weighted by Crippen LogP contribution is -2.45. The Morgan fingerprint density at radius 3 is 2.92 bits per heavy atom. The van der Waals surface area contributed by atoms with E-state index in [4.69, 9.17) is 4.74 Å². The van der Waals surface area contributed by atoms with Gasteiger partial charge < -0.3 is 19.9 Å². The first-order chi connectivity index (χ1) is 11.6. The van der Waals surface area contributed by atoms with Crippen LogP contribution < -0.4 is 10.6 Å². The van der Waals surface area contributed by atoms with Crippen molar-refractivity contribution >= 4 is 17.0 Å². The van der Waals surface area contributed by atoms with E-state index < -0.39 is 0 Å². The van der Waals surface area contributed by atoms with Crippen molar-refractivity contribution in [3.8, 4) is 0 Å². The molecule has 3 rings (SSSR count). The number of ether oxygens (including phenoxy) is 1. The lowest BCUT2D eigenvalue weighted by atomic mass is 10.0. The van der Waals surface area contributed by atoms with Crippen molar-refractivity contribution in [2.24, 2.45) is 12.0 Å². The van der Waals surface area contributed by atoms with Crippen LogP contribution in [0.1, 0.15) is 32.5 Å². The monoisotopic (exact) mass is 329 g/mol. The van der Waals surface area contributed by atoms with Crippen LogP contribution in [0.3, 0.4) is 0 Å². The average Bonchev–Trinajstić information content (AvgIpc) is 3.15. The molecule has 0 aliphatic carbocycles. The topological polar surface area (TPSA) is 63.5 Å². The molecule has 6 nitrogen and oxygen atoms in total. The van der Waals surface area contributed by atoms with Gasteiger partial charge in [0.2, 0.25) is 0 Å². The molecular formula is C18H27N5O. The summed E-state index contributed by atoms with van der Waals surface area (Å²) in [6, 6.07) is 8.16. The van der Waals surface area contributed by atoms with Crippen molar-refractivity contribution in [2.45, 2.75) is 38.8 Å². The second kappa shape index (κ2) is 7.21. The Labute approximate surface area is 143 Å². The molecule has 0 radical (unpaired) electrons. The van der Waals surface area contributed by atoms with Crippen LogP contribution in [-0.2, 0) is 18.3 Å². The maximum atomic E-state index is 5.83. The molecule has 1 atom stereocenters. The Morgan fingerprint density at radius 2 is 2.21 bits per heavy atom. The minimum Gasteiger partial charge on any atom is -0.373 e. The number of hydrogen-bond donors (Lipinski definition) is 2. The maximum absolute atomic E-state index is 5.83. The van der Waals surface area contributed by atoms with Crippen LogP contribution >= 0.6 is 0 Å². The van der Waals surface area contributed by atoms with E-state index in [-0.39, 0.29) is 5.60 Å². The number of fused-ring (bicyclic) bond motifs is 1. The zero-order valence-electron chi connectivity index (χ0n) is 14.8. The van der Waals surface area contributed by atoms with Crippen molar-refractivity contribution in [1.29, 1.82) is 0 Å². The largest absolute Gasteiger partial charge is 0.373 e. The van der Waals surface area contributed by atoms with Gasteiger partial charge in [0.1, 0.15) is 12.4 Å². The van der Waals surface area contributed by atoms with Gasteiger partial charge in [-0.3, -0.25) is 0 Å². The minimum atomic E-state index is -0.0892. The van der Waals surface area contributed by atoms with Gasteiger partial charge in [0.25, 0.3) is 0 Å². The molecule has 0 bridgehead atoms. The van der Waals surface area contributed by atoms with Gasteiger partial charge in [-0.2, -0.15) is 0 Å². The zero-order chi connectivity index (χ0) is 17.0. The lowest BCUT2D eigenvalue weighted by molar-refractivity contribution is 0.0243. The number of aliphatic imine (C=N–C) groups is 1. The van der Waals surface area contributed by atoms with E-state index in [9.17, 15) is 0 Å². The summed E-state index contributed by atoms with van der Waals surface area (Å²) in [5.41, 5.74) is 2.05. The third-order valence-electron chi connectivity index (χ3n) is 4.53. The molecular weight excluding hydrogens is 302 g/mol. The van der Waals surface area contributed by atoms with Crippen LogP contribution in [0, 0.1) is 0 Å². The third-order valence-corrected chi connectivity index (χ3v) is 4.53. The van der Waals surface area contributed by atoms with E-state index in [2.05, 4.69) is 45.1 Å². The summed E-state index contributed by atoms with van der Waals surface area (Å²) in [5.74, 6) is 1.76. The Morgan fingerprint density at radius 1 is 1.38 bits per heavy atom. The van der Waals surface area contributed by atoms with Gasteiger partial charge in [-0.05, 0) is 38.8 Å². The van der Waals surface area contributed by atoms with Gasteiger partial charge in [0.15, 0.2) is 5.96 Å². The Hall–Kier alpha value is -2.08. The van der Waals surface area contributed by atoms with Crippen molar-refractivity contribution in [3.05, 3.63) is 30.1 Å².